The van der Waals surface area contributed by atoms with Gasteiger partial charge in [0.25, 0.3) is 0 Å². The number of carbonyl (C=O) groups is 2. The van der Waals surface area contributed by atoms with Crippen LogP contribution < -0.4 is 5.32 Å². The van der Waals surface area contributed by atoms with Crippen LogP contribution in [0.15, 0.2) is 11.3 Å². The molecule has 5 heteroatoms. The van der Waals surface area contributed by atoms with Crippen LogP contribution in [0.5, 0.6) is 0 Å². The average Bonchev–Trinajstić information content (AvgIpc) is 2.59. The van der Waals surface area contributed by atoms with E-state index < -0.39 is 11.9 Å². The number of ether oxygens (including phenoxy) is 2. The molecule has 0 amide bonds. The van der Waals surface area contributed by atoms with Crippen molar-refractivity contribution in [2.45, 2.75) is 39.5 Å². The molecule has 0 aliphatic carbocycles. The fourth-order valence-corrected chi connectivity index (χ4v) is 1.88. The number of carbonyl (C=O) groups excluding carboxylic acids is 2. The molecule has 0 aromatic carbocycles. The van der Waals surface area contributed by atoms with Crippen LogP contribution in [0.25, 0.3) is 0 Å². The minimum atomic E-state index is -0.597. The van der Waals surface area contributed by atoms with Crippen molar-refractivity contribution >= 4 is 11.9 Å². The van der Waals surface area contributed by atoms with Gasteiger partial charge >= 0.3 is 11.9 Å². The van der Waals surface area contributed by atoms with E-state index in [1.165, 1.54) is 0 Å². The first-order chi connectivity index (χ1) is 8.70. The van der Waals surface area contributed by atoms with Gasteiger partial charge in [-0.3, -0.25) is 0 Å². The standard InChI is InChI=1S/C13H21NO4/c1-3-17-12(15)11(13(16)18-4-2)10-8-6-5-7-9-14-10/h14H,3-9H2,1-2H3. The van der Waals surface area contributed by atoms with Gasteiger partial charge in [0.15, 0.2) is 5.57 Å². The summed E-state index contributed by atoms with van der Waals surface area (Å²) in [6.45, 7) is 4.69. The smallest absolute Gasteiger partial charge is 0.347 e. The van der Waals surface area contributed by atoms with Crippen molar-refractivity contribution in [2.24, 2.45) is 0 Å². The molecule has 0 bridgehead atoms. The molecule has 1 aliphatic heterocycles. The summed E-state index contributed by atoms with van der Waals surface area (Å²) in [6, 6.07) is 0. The Morgan fingerprint density at radius 3 is 2.22 bits per heavy atom. The van der Waals surface area contributed by atoms with Crippen LogP contribution in [-0.4, -0.2) is 31.7 Å². The Labute approximate surface area is 108 Å². The van der Waals surface area contributed by atoms with Crippen LogP contribution in [0, 0.1) is 0 Å². The van der Waals surface area contributed by atoms with Crippen LogP contribution in [-0.2, 0) is 19.1 Å². The fraction of sp³-hybridized carbons (Fsp3) is 0.692. The van der Waals surface area contributed by atoms with Crippen molar-refractivity contribution in [2.75, 3.05) is 19.8 Å². The first-order valence-corrected chi connectivity index (χ1v) is 6.52. The zero-order valence-electron chi connectivity index (χ0n) is 11.1. The molecule has 0 atom stereocenters. The molecule has 102 valence electrons. The van der Waals surface area contributed by atoms with Crippen molar-refractivity contribution in [3.63, 3.8) is 0 Å². The molecule has 0 unspecified atom stereocenters. The third-order valence-electron chi connectivity index (χ3n) is 2.70. The van der Waals surface area contributed by atoms with Gasteiger partial charge in [-0.15, -0.1) is 0 Å². The Balaban J connectivity index is 2.96. The van der Waals surface area contributed by atoms with Crippen LogP contribution in [0.1, 0.15) is 39.5 Å². The van der Waals surface area contributed by atoms with Gasteiger partial charge in [-0.2, -0.15) is 0 Å². The molecule has 0 saturated carbocycles. The summed E-state index contributed by atoms with van der Waals surface area (Å²) in [7, 11) is 0. The van der Waals surface area contributed by atoms with Gasteiger partial charge in [0, 0.05) is 12.2 Å². The summed E-state index contributed by atoms with van der Waals surface area (Å²) in [5.41, 5.74) is 0.685. The van der Waals surface area contributed by atoms with Crippen molar-refractivity contribution < 1.29 is 19.1 Å². The van der Waals surface area contributed by atoms with Gasteiger partial charge in [-0.05, 0) is 33.1 Å². The van der Waals surface area contributed by atoms with Gasteiger partial charge < -0.3 is 14.8 Å². The van der Waals surface area contributed by atoms with E-state index in [2.05, 4.69) is 5.32 Å². The van der Waals surface area contributed by atoms with E-state index in [4.69, 9.17) is 9.47 Å². The second-order valence-electron chi connectivity index (χ2n) is 4.03. The van der Waals surface area contributed by atoms with Crippen LogP contribution in [0.2, 0.25) is 0 Å². The van der Waals surface area contributed by atoms with Crippen molar-refractivity contribution in [1.29, 1.82) is 0 Å². The normalized spacial score (nSPS) is 15.3. The Kier molecular flexibility index (Phi) is 6.25. The maximum Gasteiger partial charge on any atom is 0.347 e. The van der Waals surface area contributed by atoms with Crippen molar-refractivity contribution in [3.05, 3.63) is 11.3 Å². The predicted octanol–water partition coefficient (Wildman–Crippen LogP) is 1.53. The number of rotatable bonds is 4. The lowest BCUT2D eigenvalue weighted by Crippen LogP contribution is -2.25. The lowest BCUT2D eigenvalue weighted by molar-refractivity contribution is -0.146. The van der Waals surface area contributed by atoms with Gasteiger partial charge in [-0.1, -0.05) is 6.42 Å². The SMILES string of the molecule is CCOC(=O)C(C(=O)OCC)=C1CCCCCN1. The Bertz CT molecular complexity index is 306. The van der Waals surface area contributed by atoms with E-state index in [0.29, 0.717) is 12.1 Å². The van der Waals surface area contributed by atoms with Gasteiger partial charge in [-0.25, -0.2) is 9.59 Å². The quantitative estimate of drug-likeness (QED) is 0.357. The molecule has 18 heavy (non-hydrogen) atoms. The molecule has 1 rings (SSSR count). The van der Waals surface area contributed by atoms with E-state index >= 15 is 0 Å². The summed E-state index contributed by atoms with van der Waals surface area (Å²) < 4.78 is 9.86. The van der Waals surface area contributed by atoms with Crippen LogP contribution in [0.4, 0.5) is 0 Å². The summed E-state index contributed by atoms with van der Waals surface area (Å²) in [6.07, 6.45) is 3.79. The van der Waals surface area contributed by atoms with Gasteiger partial charge in [0.1, 0.15) is 0 Å². The van der Waals surface area contributed by atoms with E-state index in [0.717, 1.165) is 25.8 Å². The molecule has 1 aliphatic rings. The first kappa shape index (κ1) is 14.5. The number of nitrogens with one attached hydrogen (secondary N) is 1. The van der Waals surface area contributed by atoms with Gasteiger partial charge in [0.05, 0.1) is 13.2 Å². The van der Waals surface area contributed by atoms with Crippen LogP contribution in [0.3, 0.4) is 0 Å². The zero-order chi connectivity index (χ0) is 13.4. The molecule has 0 aromatic rings. The minimum absolute atomic E-state index is 0.0283. The second kappa shape index (κ2) is 7.74. The zero-order valence-corrected chi connectivity index (χ0v) is 11.1. The highest BCUT2D eigenvalue weighted by molar-refractivity contribution is 6.14. The molecule has 0 radical (unpaired) electrons. The van der Waals surface area contributed by atoms with Crippen LogP contribution >= 0.6 is 0 Å². The van der Waals surface area contributed by atoms with E-state index in [1.807, 2.05) is 0 Å². The maximum atomic E-state index is 11.9. The molecule has 0 aromatic heterocycles. The molecular formula is C13H21NO4. The molecule has 1 heterocycles. The molecule has 0 spiro atoms. The second-order valence-corrected chi connectivity index (χ2v) is 4.03. The molecular weight excluding hydrogens is 234 g/mol. The Hall–Kier alpha value is -1.52. The average molecular weight is 255 g/mol. The van der Waals surface area contributed by atoms with Crippen molar-refractivity contribution in [1.82, 2.24) is 5.32 Å². The highest BCUT2D eigenvalue weighted by atomic mass is 16.6. The number of allylic oxidation sites excluding steroid dienone is 1. The minimum Gasteiger partial charge on any atom is -0.462 e. The fourth-order valence-electron chi connectivity index (χ4n) is 1.88. The third kappa shape index (κ3) is 4.05. The lowest BCUT2D eigenvalue weighted by Gasteiger charge is -2.13. The van der Waals surface area contributed by atoms with E-state index in [1.54, 1.807) is 13.8 Å². The summed E-state index contributed by atoms with van der Waals surface area (Å²) in [5, 5.41) is 3.14. The lowest BCUT2D eigenvalue weighted by atomic mass is 10.1. The Morgan fingerprint density at radius 1 is 1.06 bits per heavy atom. The molecule has 1 N–H and O–H groups in total. The monoisotopic (exact) mass is 255 g/mol. The summed E-state index contributed by atoms with van der Waals surface area (Å²) in [5.74, 6) is -1.19. The highest BCUT2D eigenvalue weighted by Gasteiger charge is 2.26. The van der Waals surface area contributed by atoms with E-state index in [9.17, 15) is 9.59 Å². The first-order valence-electron chi connectivity index (χ1n) is 6.52. The predicted molar refractivity (Wildman–Crippen MR) is 66.8 cm³/mol. The maximum absolute atomic E-state index is 11.9. The van der Waals surface area contributed by atoms with Crippen molar-refractivity contribution in [3.8, 4) is 0 Å². The van der Waals surface area contributed by atoms with E-state index in [-0.39, 0.29) is 18.8 Å². The number of hydrogen-bond donors (Lipinski definition) is 1. The summed E-state index contributed by atoms with van der Waals surface area (Å²) in [4.78, 5) is 23.7. The molecule has 5 nitrogen and oxygen atoms in total. The molecule has 1 fully saturated rings. The van der Waals surface area contributed by atoms with Gasteiger partial charge in [0.2, 0.25) is 0 Å². The summed E-state index contributed by atoms with van der Waals surface area (Å²) >= 11 is 0. The largest absolute Gasteiger partial charge is 0.462 e. The number of hydrogen-bond acceptors (Lipinski definition) is 5. The number of esters is 2. The Morgan fingerprint density at radius 2 is 1.67 bits per heavy atom. The topological polar surface area (TPSA) is 64.6 Å². The third-order valence-corrected chi connectivity index (χ3v) is 2.70. The molecule has 1 saturated heterocycles. The highest BCUT2D eigenvalue weighted by Crippen LogP contribution is 2.17.